The van der Waals surface area contributed by atoms with Crippen molar-refractivity contribution >= 4 is 40.6 Å². The van der Waals surface area contributed by atoms with Crippen LogP contribution in [0.1, 0.15) is 31.1 Å². The number of amides is 3. The van der Waals surface area contributed by atoms with Crippen LogP contribution in [0.4, 0.5) is 17.1 Å². The van der Waals surface area contributed by atoms with Crippen LogP contribution in [0.15, 0.2) is 42.5 Å². The Bertz CT molecular complexity index is 1000. The summed E-state index contributed by atoms with van der Waals surface area (Å²) >= 11 is 0. The molecule has 2 N–H and O–H groups in total. The Labute approximate surface area is 167 Å². The monoisotopic (exact) mass is 395 g/mol. The molecule has 0 fully saturated rings. The Morgan fingerprint density at radius 1 is 1.03 bits per heavy atom. The van der Waals surface area contributed by atoms with E-state index >= 15 is 0 Å². The van der Waals surface area contributed by atoms with E-state index in [4.69, 9.17) is 4.74 Å². The van der Waals surface area contributed by atoms with Gasteiger partial charge in [-0.25, -0.2) is 0 Å². The fourth-order valence-corrected chi connectivity index (χ4v) is 3.06. The van der Waals surface area contributed by atoms with Crippen molar-refractivity contribution in [1.29, 1.82) is 0 Å². The standard InChI is InChI=1S/C21H21N3O5/c1-12(21(28)23-17-6-4-5-16(10-17)22-14(3)26)24-18-9-15(13(2)25)7-8-19(18)29-11-20(24)27/h4-10,12H,11H2,1-3H3,(H,22,26)(H,23,28). The van der Waals surface area contributed by atoms with Crippen molar-refractivity contribution in [2.45, 2.75) is 26.8 Å². The third-order valence-electron chi connectivity index (χ3n) is 4.46. The van der Waals surface area contributed by atoms with Crippen LogP contribution >= 0.6 is 0 Å². The number of hydrogen-bond donors (Lipinski definition) is 2. The molecule has 0 aliphatic carbocycles. The number of ether oxygens (including phenoxy) is 1. The molecule has 8 nitrogen and oxygen atoms in total. The first-order valence-electron chi connectivity index (χ1n) is 9.04. The van der Waals surface area contributed by atoms with E-state index in [9.17, 15) is 19.2 Å². The molecule has 3 rings (SSSR count). The lowest BCUT2D eigenvalue weighted by Gasteiger charge is -2.33. The number of ketones is 1. The van der Waals surface area contributed by atoms with Crippen molar-refractivity contribution < 1.29 is 23.9 Å². The molecule has 3 amide bonds. The molecule has 0 aromatic heterocycles. The molecule has 1 aliphatic heterocycles. The first-order chi connectivity index (χ1) is 13.8. The van der Waals surface area contributed by atoms with Gasteiger partial charge >= 0.3 is 0 Å². The zero-order valence-electron chi connectivity index (χ0n) is 16.3. The van der Waals surface area contributed by atoms with E-state index in [1.807, 2.05) is 0 Å². The zero-order chi connectivity index (χ0) is 21.1. The van der Waals surface area contributed by atoms with Crippen molar-refractivity contribution in [3.05, 3.63) is 48.0 Å². The summed E-state index contributed by atoms with van der Waals surface area (Å²) in [7, 11) is 0. The molecule has 29 heavy (non-hydrogen) atoms. The Kier molecular flexibility index (Phi) is 5.63. The molecule has 2 aromatic rings. The average molecular weight is 395 g/mol. The SMILES string of the molecule is CC(=O)Nc1cccc(NC(=O)C(C)N2C(=O)COc3ccc(C(C)=O)cc32)c1. The molecule has 1 atom stereocenters. The van der Waals surface area contributed by atoms with Gasteiger partial charge in [-0.15, -0.1) is 0 Å². The van der Waals surface area contributed by atoms with Gasteiger partial charge in [0.2, 0.25) is 11.8 Å². The lowest BCUT2D eigenvalue weighted by Crippen LogP contribution is -2.49. The largest absolute Gasteiger partial charge is 0.482 e. The third-order valence-corrected chi connectivity index (χ3v) is 4.46. The third kappa shape index (κ3) is 4.43. The Morgan fingerprint density at radius 3 is 2.38 bits per heavy atom. The number of fused-ring (bicyclic) bond motifs is 1. The highest BCUT2D eigenvalue weighted by Gasteiger charge is 2.33. The summed E-state index contributed by atoms with van der Waals surface area (Å²) in [6.45, 7) is 4.22. The highest BCUT2D eigenvalue weighted by molar-refractivity contribution is 6.08. The van der Waals surface area contributed by atoms with E-state index in [-0.39, 0.29) is 24.2 Å². The maximum atomic E-state index is 12.8. The van der Waals surface area contributed by atoms with Gasteiger partial charge in [-0.05, 0) is 50.2 Å². The number of carbonyl (C=O) groups excluding carboxylic acids is 4. The van der Waals surface area contributed by atoms with E-state index in [1.165, 1.54) is 18.7 Å². The number of anilines is 3. The minimum Gasteiger partial charge on any atom is -0.482 e. The Hall–Kier alpha value is -3.68. The number of benzene rings is 2. The summed E-state index contributed by atoms with van der Waals surface area (Å²) < 4.78 is 5.43. The van der Waals surface area contributed by atoms with Crippen molar-refractivity contribution in [2.24, 2.45) is 0 Å². The number of nitrogens with one attached hydrogen (secondary N) is 2. The number of nitrogens with zero attached hydrogens (tertiary/aromatic N) is 1. The highest BCUT2D eigenvalue weighted by atomic mass is 16.5. The predicted molar refractivity (Wildman–Crippen MR) is 108 cm³/mol. The van der Waals surface area contributed by atoms with Crippen LogP contribution in [0.2, 0.25) is 0 Å². The maximum Gasteiger partial charge on any atom is 0.265 e. The van der Waals surface area contributed by atoms with Gasteiger partial charge in [0, 0.05) is 23.9 Å². The van der Waals surface area contributed by atoms with Crippen molar-refractivity contribution in [3.63, 3.8) is 0 Å². The van der Waals surface area contributed by atoms with Gasteiger partial charge in [0.05, 0.1) is 5.69 Å². The van der Waals surface area contributed by atoms with Crippen LogP contribution in [0.3, 0.4) is 0 Å². The lowest BCUT2D eigenvalue weighted by atomic mass is 10.1. The summed E-state index contributed by atoms with van der Waals surface area (Å²) in [5.74, 6) is -0.745. The second-order valence-corrected chi connectivity index (χ2v) is 6.72. The molecule has 0 saturated heterocycles. The van der Waals surface area contributed by atoms with Gasteiger partial charge in [-0.1, -0.05) is 6.07 Å². The van der Waals surface area contributed by atoms with Crippen LogP contribution in [0.5, 0.6) is 5.75 Å². The number of Topliss-reactive ketones (excluding diaryl/α,β-unsaturated/α-hetero) is 1. The molecule has 0 spiro atoms. The van der Waals surface area contributed by atoms with Crippen molar-refractivity contribution in [3.8, 4) is 5.75 Å². The predicted octanol–water partition coefficient (Wildman–Crippen LogP) is 2.60. The zero-order valence-corrected chi connectivity index (χ0v) is 16.3. The van der Waals surface area contributed by atoms with Gasteiger partial charge in [0.25, 0.3) is 5.91 Å². The van der Waals surface area contributed by atoms with Gasteiger partial charge in [0.15, 0.2) is 12.4 Å². The first kappa shape index (κ1) is 20.1. The summed E-state index contributed by atoms with van der Waals surface area (Å²) in [6, 6.07) is 10.6. The molecule has 1 aliphatic rings. The summed E-state index contributed by atoms with van der Waals surface area (Å²) in [5.41, 5.74) is 1.82. The second-order valence-electron chi connectivity index (χ2n) is 6.72. The minimum absolute atomic E-state index is 0.155. The molecule has 8 heteroatoms. The normalized spacial score (nSPS) is 13.8. The summed E-state index contributed by atoms with van der Waals surface area (Å²) in [6.07, 6.45) is 0. The van der Waals surface area contributed by atoms with Gasteiger partial charge in [-0.2, -0.15) is 0 Å². The number of carbonyl (C=O) groups is 4. The maximum absolute atomic E-state index is 12.8. The Balaban J connectivity index is 1.84. The Morgan fingerprint density at radius 2 is 1.72 bits per heavy atom. The number of hydrogen-bond acceptors (Lipinski definition) is 5. The molecule has 0 saturated carbocycles. The highest BCUT2D eigenvalue weighted by Crippen LogP contribution is 2.34. The molecule has 1 unspecified atom stereocenters. The lowest BCUT2D eigenvalue weighted by molar-refractivity contribution is -0.125. The topological polar surface area (TPSA) is 105 Å². The molecule has 0 radical (unpaired) electrons. The first-order valence-corrected chi connectivity index (χ1v) is 9.04. The smallest absolute Gasteiger partial charge is 0.265 e. The average Bonchev–Trinajstić information content (AvgIpc) is 2.66. The van der Waals surface area contributed by atoms with E-state index in [0.717, 1.165) is 0 Å². The molecule has 2 aromatic carbocycles. The molecule has 150 valence electrons. The summed E-state index contributed by atoms with van der Waals surface area (Å²) in [5, 5.41) is 5.39. The van der Waals surface area contributed by atoms with Crippen molar-refractivity contribution in [2.75, 3.05) is 22.1 Å². The van der Waals surface area contributed by atoms with E-state index in [0.29, 0.717) is 28.4 Å². The van der Waals surface area contributed by atoms with Crippen LogP contribution in [-0.2, 0) is 14.4 Å². The van der Waals surface area contributed by atoms with Crippen molar-refractivity contribution in [1.82, 2.24) is 0 Å². The molecular weight excluding hydrogens is 374 g/mol. The molecule has 0 bridgehead atoms. The fourth-order valence-electron chi connectivity index (χ4n) is 3.06. The van der Waals surface area contributed by atoms with Gasteiger partial charge in [-0.3, -0.25) is 24.1 Å². The van der Waals surface area contributed by atoms with Crippen LogP contribution in [0.25, 0.3) is 0 Å². The van der Waals surface area contributed by atoms with Crippen LogP contribution in [-0.4, -0.2) is 36.2 Å². The quantitative estimate of drug-likeness (QED) is 0.757. The second kappa shape index (κ2) is 8.14. The molecule has 1 heterocycles. The van der Waals surface area contributed by atoms with Gasteiger partial charge in [0.1, 0.15) is 11.8 Å². The van der Waals surface area contributed by atoms with E-state index in [2.05, 4.69) is 10.6 Å². The van der Waals surface area contributed by atoms with Gasteiger partial charge < -0.3 is 15.4 Å². The number of rotatable bonds is 5. The van der Waals surface area contributed by atoms with E-state index < -0.39 is 11.9 Å². The fraction of sp³-hybridized carbons (Fsp3) is 0.238. The van der Waals surface area contributed by atoms with Crippen LogP contribution < -0.4 is 20.3 Å². The minimum atomic E-state index is -0.850. The molecular formula is C21H21N3O5. The van der Waals surface area contributed by atoms with Crippen LogP contribution in [0, 0.1) is 0 Å². The summed E-state index contributed by atoms with van der Waals surface area (Å²) in [4.78, 5) is 49.6. The van der Waals surface area contributed by atoms with E-state index in [1.54, 1.807) is 49.4 Å².